The van der Waals surface area contributed by atoms with Crippen LogP contribution in [0.1, 0.15) is 9.67 Å². The number of aldehydes is 1. The van der Waals surface area contributed by atoms with E-state index in [1.54, 1.807) is 24.3 Å². The molecule has 0 spiro atoms. The molecule has 0 saturated carbocycles. The van der Waals surface area contributed by atoms with Crippen LogP contribution in [0.3, 0.4) is 0 Å². The fourth-order valence-corrected chi connectivity index (χ4v) is 2.24. The first-order valence-corrected chi connectivity index (χ1v) is 5.86. The Morgan fingerprint density at radius 2 is 1.94 bits per heavy atom. The number of aromatic hydroxyl groups is 1. The fourth-order valence-electron chi connectivity index (χ4n) is 1.42. The van der Waals surface area contributed by atoms with Crippen molar-refractivity contribution in [2.24, 2.45) is 0 Å². The highest BCUT2D eigenvalue weighted by Gasteiger charge is 2.13. The van der Waals surface area contributed by atoms with E-state index < -0.39 is 0 Å². The Morgan fingerprint density at radius 3 is 2.47 bits per heavy atom. The van der Waals surface area contributed by atoms with Crippen molar-refractivity contribution in [3.05, 3.63) is 29.1 Å². The van der Waals surface area contributed by atoms with Crippen molar-refractivity contribution >= 4 is 22.8 Å². The van der Waals surface area contributed by atoms with Crippen LogP contribution in [0.25, 0.3) is 11.3 Å². The molecule has 2 rings (SSSR count). The average Bonchev–Trinajstić information content (AvgIpc) is 2.74. The average molecular weight is 248 g/mol. The molecule has 0 aliphatic heterocycles. The quantitative estimate of drug-likeness (QED) is 0.847. The van der Waals surface area contributed by atoms with Gasteiger partial charge < -0.3 is 10.0 Å². The molecule has 0 aliphatic carbocycles. The summed E-state index contributed by atoms with van der Waals surface area (Å²) < 4.78 is 0. The smallest absolute Gasteiger partial charge is 0.186 e. The van der Waals surface area contributed by atoms with Crippen LogP contribution in [0.5, 0.6) is 5.75 Å². The van der Waals surface area contributed by atoms with Crippen LogP contribution in [0.2, 0.25) is 0 Å². The number of benzene rings is 1. The van der Waals surface area contributed by atoms with Crippen molar-refractivity contribution in [2.75, 3.05) is 19.0 Å². The van der Waals surface area contributed by atoms with Crippen molar-refractivity contribution in [1.29, 1.82) is 0 Å². The molecule has 0 bridgehead atoms. The first-order valence-electron chi connectivity index (χ1n) is 5.04. The lowest BCUT2D eigenvalue weighted by Gasteiger charge is -2.05. The van der Waals surface area contributed by atoms with Crippen molar-refractivity contribution in [3.8, 4) is 17.0 Å². The van der Waals surface area contributed by atoms with Crippen molar-refractivity contribution < 1.29 is 9.90 Å². The van der Waals surface area contributed by atoms with Gasteiger partial charge in [-0.05, 0) is 24.3 Å². The van der Waals surface area contributed by atoms with Gasteiger partial charge in [-0.2, -0.15) is 0 Å². The fraction of sp³-hybridized carbons (Fsp3) is 0.167. The van der Waals surface area contributed by atoms with Gasteiger partial charge in [0.25, 0.3) is 0 Å². The Labute approximate surface area is 103 Å². The number of carbonyl (C=O) groups excluding carboxylic acids is 1. The highest BCUT2D eigenvalue weighted by Crippen LogP contribution is 2.31. The predicted octanol–water partition coefficient (Wildman–Crippen LogP) is 2.39. The molecule has 1 N–H and O–H groups in total. The zero-order valence-corrected chi connectivity index (χ0v) is 10.4. The highest BCUT2D eigenvalue weighted by molar-refractivity contribution is 7.17. The Morgan fingerprint density at radius 1 is 1.29 bits per heavy atom. The molecule has 0 atom stereocenters. The molecule has 1 heterocycles. The number of thiazole rings is 1. The number of anilines is 1. The summed E-state index contributed by atoms with van der Waals surface area (Å²) in [6, 6.07) is 6.66. The monoisotopic (exact) mass is 248 g/mol. The van der Waals surface area contributed by atoms with E-state index in [0.29, 0.717) is 10.6 Å². The third-order valence-corrected chi connectivity index (χ3v) is 3.42. The third-order valence-electron chi connectivity index (χ3n) is 2.27. The SMILES string of the molecule is CN(C)c1nc(-c2ccc(O)cc2)c(C=O)s1. The lowest BCUT2D eigenvalue weighted by molar-refractivity contribution is 0.112. The van der Waals surface area contributed by atoms with Gasteiger partial charge in [0, 0.05) is 19.7 Å². The van der Waals surface area contributed by atoms with Crippen molar-refractivity contribution in [3.63, 3.8) is 0 Å². The number of rotatable bonds is 3. The van der Waals surface area contributed by atoms with E-state index in [2.05, 4.69) is 4.98 Å². The van der Waals surface area contributed by atoms with E-state index in [0.717, 1.165) is 17.0 Å². The molecule has 0 amide bonds. The molecule has 0 aliphatic rings. The van der Waals surface area contributed by atoms with Crippen molar-refractivity contribution in [2.45, 2.75) is 0 Å². The van der Waals surface area contributed by atoms with E-state index in [1.165, 1.54) is 11.3 Å². The number of phenols is 1. The summed E-state index contributed by atoms with van der Waals surface area (Å²) in [5, 5.41) is 10.0. The maximum Gasteiger partial charge on any atom is 0.186 e. The largest absolute Gasteiger partial charge is 0.508 e. The molecule has 0 fully saturated rings. The first-order chi connectivity index (χ1) is 8.11. The second kappa shape index (κ2) is 4.55. The Bertz CT molecular complexity index is 532. The van der Waals surface area contributed by atoms with Gasteiger partial charge in [-0.25, -0.2) is 4.98 Å². The molecule has 1 aromatic carbocycles. The molecule has 2 aromatic rings. The van der Waals surface area contributed by atoms with Gasteiger partial charge in [-0.15, -0.1) is 0 Å². The number of hydrogen-bond acceptors (Lipinski definition) is 5. The summed E-state index contributed by atoms with van der Waals surface area (Å²) in [7, 11) is 3.77. The van der Waals surface area contributed by atoms with Gasteiger partial charge in [0.05, 0.1) is 10.6 Å². The van der Waals surface area contributed by atoms with Crippen LogP contribution in [-0.2, 0) is 0 Å². The Kier molecular flexibility index (Phi) is 3.10. The van der Waals surface area contributed by atoms with Gasteiger partial charge in [0.15, 0.2) is 11.4 Å². The molecule has 88 valence electrons. The Hall–Kier alpha value is -1.88. The van der Waals surface area contributed by atoms with Gasteiger partial charge in [-0.1, -0.05) is 11.3 Å². The zero-order chi connectivity index (χ0) is 12.4. The molecule has 0 radical (unpaired) electrons. The Balaban J connectivity index is 2.50. The minimum Gasteiger partial charge on any atom is -0.508 e. The van der Waals surface area contributed by atoms with Gasteiger partial charge in [0.1, 0.15) is 5.75 Å². The van der Waals surface area contributed by atoms with Gasteiger partial charge in [-0.3, -0.25) is 4.79 Å². The number of nitrogens with zero attached hydrogens (tertiary/aromatic N) is 2. The molecule has 5 heteroatoms. The van der Waals surface area contributed by atoms with E-state index in [1.807, 2.05) is 19.0 Å². The topological polar surface area (TPSA) is 53.4 Å². The number of phenolic OH excluding ortho intramolecular Hbond substituents is 1. The van der Waals surface area contributed by atoms with Crippen LogP contribution in [-0.4, -0.2) is 30.5 Å². The standard InChI is InChI=1S/C12H12N2O2S/c1-14(2)12-13-11(10(7-15)17-12)8-3-5-9(16)6-4-8/h3-7,16H,1-2H3. The summed E-state index contributed by atoms with van der Waals surface area (Å²) in [5.41, 5.74) is 1.49. The number of carbonyl (C=O) groups is 1. The van der Waals surface area contributed by atoms with Crippen molar-refractivity contribution in [1.82, 2.24) is 4.98 Å². The molecular weight excluding hydrogens is 236 g/mol. The molecule has 4 nitrogen and oxygen atoms in total. The normalized spacial score (nSPS) is 10.2. The first kappa shape index (κ1) is 11.6. The lowest BCUT2D eigenvalue weighted by atomic mass is 10.1. The van der Waals surface area contributed by atoms with Crippen LogP contribution in [0.15, 0.2) is 24.3 Å². The second-order valence-electron chi connectivity index (χ2n) is 3.77. The molecule has 17 heavy (non-hydrogen) atoms. The predicted molar refractivity (Wildman–Crippen MR) is 68.9 cm³/mol. The maximum atomic E-state index is 11.0. The summed E-state index contributed by atoms with van der Waals surface area (Å²) >= 11 is 1.35. The van der Waals surface area contributed by atoms with E-state index in [-0.39, 0.29) is 5.75 Å². The lowest BCUT2D eigenvalue weighted by Crippen LogP contribution is -2.07. The van der Waals surface area contributed by atoms with E-state index >= 15 is 0 Å². The van der Waals surface area contributed by atoms with Gasteiger partial charge >= 0.3 is 0 Å². The summed E-state index contributed by atoms with van der Waals surface area (Å²) in [4.78, 5) is 17.9. The van der Waals surface area contributed by atoms with Crippen LogP contribution in [0, 0.1) is 0 Å². The van der Waals surface area contributed by atoms with Crippen LogP contribution in [0.4, 0.5) is 5.13 Å². The van der Waals surface area contributed by atoms with Gasteiger partial charge in [0.2, 0.25) is 0 Å². The van der Waals surface area contributed by atoms with Crippen LogP contribution >= 0.6 is 11.3 Å². The second-order valence-corrected chi connectivity index (χ2v) is 4.78. The maximum absolute atomic E-state index is 11.0. The highest BCUT2D eigenvalue weighted by atomic mass is 32.1. The molecular formula is C12H12N2O2S. The molecule has 0 unspecified atom stereocenters. The summed E-state index contributed by atoms with van der Waals surface area (Å²) in [6.45, 7) is 0. The number of hydrogen-bond donors (Lipinski definition) is 1. The minimum absolute atomic E-state index is 0.199. The minimum atomic E-state index is 0.199. The molecule has 1 aromatic heterocycles. The summed E-state index contributed by atoms with van der Waals surface area (Å²) in [5.74, 6) is 0.199. The molecule has 0 saturated heterocycles. The zero-order valence-electron chi connectivity index (χ0n) is 9.54. The number of aromatic nitrogens is 1. The third kappa shape index (κ3) is 2.29. The summed E-state index contributed by atoms with van der Waals surface area (Å²) in [6.07, 6.45) is 0.812. The van der Waals surface area contributed by atoms with E-state index in [9.17, 15) is 9.90 Å². The van der Waals surface area contributed by atoms with E-state index in [4.69, 9.17) is 0 Å². The van der Waals surface area contributed by atoms with Crippen LogP contribution < -0.4 is 4.90 Å².